The number of aryl methyl sites for hydroxylation is 2. The van der Waals surface area contributed by atoms with Gasteiger partial charge in [0, 0.05) is 5.69 Å². The fraction of sp³-hybridized carbons (Fsp3) is 0.333. The molecule has 2 aromatic carbocycles. The van der Waals surface area contributed by atoms with Crippen molar-refractivity contribution < 1.29 is 19.4 Å². The van der Waals surface area contributed by atoms with Gasteiger partial charge in [0.25, 0.3) is 0 Å². The van der Waals surface area contributed by atoms with Gasteiger partial charge in [0.1, 0.15) is 25.1 Å². The van der Waals surface area contributed by atoms with Crippen LogP contribution < -0.4 is 9.64 Å². The second-order valence-electron chi connectivity index (χ2n) is 7.05. The Labute approximate surface area is 163 Å². The van der Waals surface area contributed by atoms with Crippen LogP contribution in [0.25, 0.3) is 11.0 Å². The Morgan fingerprint density at radius 1 is 1.21 bits per heavy atom. The van der Waals surface area contributed by atoms with Crippen molar-refractivity contribution in [2.75, 3.05) is 24.7 Å². The van der Waals surface area contributed by atoms with Crippen molar-refractivity contribution in [3.8, 4) is 5.75 Å². The van der Waals surface area contributed by atoms with Gasteiger partial charge in [-0.3, -0.25) is 4.90 Å². The Balaban J connectivity index is 1.36. The van der Waals surface area contributed by atoms with Crippen LogP contribution in [0.15, 0.2) is 42.7 Å². The highest BCUT2D eigenvalue weighted by molar-refractivity contribution is 5.89. The molecule has 0 spiro atoms. The van der Waals surface area contributed by atoms with Gasteiger partial charge in [0.15, 0.2) is 0 Å². The highest BCUT2D eigenvalue weighted by Gasteiger charge is 2.23. The van der Waals surface area contributed by atoms with E-state index in [0.29, 0.717) is 25.4 Å². The van der Waals surface area contributed by atoms with Crippen LogP contribution in [0.3, 0.4) is 0 Å². The molecular weight excluding hydrogens is 358 g/mol. The van der Waals surface area contributed by atoms with E-state index in [1.807, 2.05) is 16.7 Å². The summed E-state index contributed by atoms with van der Waals surface area (Å²) in [5, 5.41) is 10.4. The molecule has 1 fully saturated rings. The number of fused-ring (bicyclic) bond motifs is 1. The van der Waals surface area contributed by atoms with Gasteiger partial charge in [-0.05, 0) is 61.4 Å². The molecular formula is C21H23N3O4. The van der Waals surface area contributed by atoms with Crippen molar-refractivity contribution in [1.82, 2.24) is 9.55 Å². The second kappa shape index (κ2) is 7.52. The van der Waals surface area contributed by atoms with Crippen molar-refractivity contribution in [3.05, 3.63) is 53.9 Å². The van der Waals surface area contributed by atoms with E-state index in [9.17, 15) is 9.90 Å². The Kier molecular flexibility index (Phi) is 4.92. The molecule has 28 heavy (non-hydrogen) atoms. The van der Waals surface area contributed by atoms with Gasteiger partial charge in [0.2, 0.25) is 0 Å². The molecule has 7 nitrogen and oxygen atoms in total. The minimum atomic E-state index is -0.674. The number of hydrogen-bond acceptors (Lipinski definition) is 5. The molecule has 1 aromatic heterocycles. The number of nitrogens with zero attached hydrogens (tertiary/aromatic N) is 3. The van der Waals surface area contributed by atoms with E-state index in [4.69, 9.17) is 9.47 Å². The van der Waals surface area contributed by atoms with E-state index in [2.05, 4.69) is 31.0 Å². The third-order valence-corrected chi connectivity index (χ3v) is 5.00. The molecule has 0 bridgehead atoms. The molecule has 1 aliphatic heterocycles. The fourth-order valence-electron chi connectivity index (χ4n) is 3.28. The summed E-state index contributed by atoms with van der Waals surface area (Å²) in [4.78, 5) is 17.6. The monoisotopic (exact) mass is 381 g/mol. The Bertz CT molecular complexity index is 997. The van der Waals surface area contributed by atoms with Crippen LogP contribution in [0.2, 0.25) is 0 Å². The van der Waals surface area contributed by atoms with Gasteiger partial charge in [0.05, 0.1) is 30.5 Å². The summed E-state index contributed by atoms with van der Waals surface area (Å²) >= 11 is 0. The maximum absolute atomic E-state index is 11.6. The summed E-state index contributed by atoms with van der Waals surface area (Å²) < 4.78 is 12.6. The molecule has 0 saturated carbocycles. The number of carbonyl (C=O) groups is 1. The average molecular weight is 381 g/mol. The molecule has 1 amide bonds. The molecule has 7 heteroatoms. The van der Waals surface area contributed by atoms with Gasteiger partial charge < -0.3 is 19.1 Å². The molecule has 1 unspecified atom stereocenters. The molecule has 4 rings (SSSR count). The smallest absolute Gasteiger partial charge is 0.414 e. The van der Waals surface area contributed by atoms with Crippen molar-refractivity contribution in [1.29, 1.82) is 0 Å². The number of hydrogen-bond donors (Lipinski definition) is 1. The summed E-state index contributed by atoms with van der Waals surface area (Å²) in [7, 11) is 0. The molecule has 1 N–H and O–H groups in total. The first-order valence-corrected chi connectivity index (χ1v) is 9.28. The molecule has 1 atom stereocenters. The van der Waals surface area contributed by atoms with Crippen LogP contribution in [0.4, 0.5) is 10.5 Å². The van der Waals surface area contributed by atoms with Gasteiger partial charge >= 0.3 is 6.09 Å². The number of anilines is 1. The highest BCUT2D eigenvalue weighted by atomic mass is 16.6. The normalized spacial score (nSPS) is 15.1. The number of carbonyl (C=O) groups excluding carboxylic acids is 1. The zero-order valence-corrected chi connectivity index (χ0v) is 16.0. The lowest BCUT2D eigenvalue weighted by Crippen LogP contribution is -2.24. The third kappa shape index (κ3) is 3.66. The lowest BCUT2D eigenvalue weighted by Gasteiger charge is -2.15. The number of rotatable bonds is 6. The minimum Gasteiger partial charge on any atom is -0.491 e. The van der Waals surface area contributed by atoms with Crippen LogP contribution in [0.1, 0.15) is 11.1 Å². The van der Waals surface area contributed by atoms with E-state index in [-0.39, 0.29) is 12.7 Å². The maximum atomic E-state index is 11.6. The van der Waals surface area contributed by atoms with Crippen LogP contribution in [-0.2, 0) is 11.3 Å². The standard InChI is InChI=1S/C21H23N3O4/c1-14-9-19-20(10-15(14)2)23(13-22-19)11-17(25)12-28-18-5-3-16(4-6-18)24-7-8-27-21(24)26/h3-6,9-10,13,17,25H,7-8,11-12H2,1-2H3. The van der Waals surface area contributed by atoms with E-state index in [1.165, 1.54) is 11.1 Å². The largest absolute Gasteiger partial charge is 0.491 e. The van der Waals surface area contributed by atoms with E-state index in [0.717, 1.165) is 16.7 Å². The van der Waals surface area contributed by atoms with Gasteiger partial charge in [-0.15, -0.1) is 0 Å². The molecule has 0 radical (unpaired) electrons. The van der Waals surface area contributed by atoms with E-state index in [1.54, 1.807) is 23.4 Å². The predicted molar refractivity (Wildman–Crippen MR) is 106 cm³/mol. The zero-order valence-electron chi connectivity index (χ0n) is 16.0. The quantitative estimate of drug-likeness (QED) is 0.710. The number of imidazole rings is 1. The average Bonchev–Trinajstić information content (AvgIpc) is 3.27. The Hall–Kier alpha value is -3.06. The first-order valence-electron chi connectivity index (χ1n) is 9.28. The number of aromatic nitrogens is 2. The Morgan fingerprint density at radius 2 is 1.96 bits per heavy atom. The summed E-state index contributed by atoms with van der Waals surface area (Å²) in [5.41, 5.74) is 5.09. The molecule has 1 aliphatic rings. The van der Waals surface area contributed by atoms with Gasteiger partial charge in [-0.1, -0.05) is 0 Å². The summed E-state index contributed by atoms with van der Waals surface area (Å²) in [6.07, 6.45) is 0.741. The summed E-state index contributed by atoms with van der Waals surface area (Å²) in [6.45, 7) is 5.65. The molecule has 0 aliphatic carbocycles. The fourth-order valence-corrected chi connectivity index (χ4v) is 3.28. The summed E-state index contributed by atoms with van der Waals surface area (Å²) in [6, 6.07) is 11.3. The van der Waals surface area contributed by atoms with Crippen LogP contribution in [0, 0.1) is 13.8 Å². The first-order chi connectivity index (χ1) is 13.5. The number of aliphatic hydroxyl groups is 1. The zero-order chi connectivity index (χ0) is 19.7. The van der Waals surface area contributed by atoms with Crippen molar-refractivity contribution in [2.24, 2.45) is 0 Å². The number of aliphatic hydroxyl groups excluding tert-OH is 1. The SMILES string of the molecule is Cc1cc2ncn(CC(O)COc3ccc(N4CCOC4=O)cc3)c2cc1C. The van der Waals surface area contributed by atoms with Gasteiger partial charge in [-0.25, -0.2) is 9.78 Å². The van der Waals surface area contributed by atoms with Crippen molar-refractivity contribution in [2.45, 2.75) is 26.5 Å². The maximum Gasteiger partial charge on any atom is 0.414 e. The lowest BCUT2D eigenvalue weighted by molar-refractivity contribution is 0.0934. The topological polar surface area (TPSA) is 76.8 Å². The Morgan fingerprint density at radius 3 is 2.68 bits per heavy atom. The predicted octanol–water partition coefficient (Wildman–Crippen LogP) is 3.05. The van der Waals surface area contributed by atoms with Crippen molar-refractivity contribution >= 4 is 22.8 Å². The van der Waals surface area contributed by atoms with Gasteiger partial charge in [-0.2, -0.15) is 0 Å². The highest BCUT2D eigenvalue weighted by Crippen LogP contribution is 2.23. The number of ether oxygens (including phenoxy) is 2. The molecule has 2 heterocycles. The van der Waals surface area contributed by atoms with E-state index >= 15 is 0 Å². The minimum absolute atomic E-state index is 0.162. The van der Waals surface area contributed by atoms with Crippen LogP contribution in [-0.4, -0.2) is 46.6 Å². The van der Waals surface area contributed by atoms with E-state index < -0.39 is 6.10 Å². The number of amides is 1. The number of cyclic esters (lactones) is 1. The molecule has 1 saturated heterocycles. The third-order valence-electron chi connectivity index (χ3n) is 5.00. The van der Waals surface area contributed by atoms with Crippen molar-refractivity contribution in [3.63, 3.8) is 0 Å². The number of benzene rings is 2. The lowest BCUT2D eigenvalue weighted by atomic mass is 10.1. The molecule has 146 valence electrons. The van der Waals surface area contributed by atoms with Crippen LogP contribution >= 0.6 is 0 Å². The molecule has 3 aromatic rings. The second-order valence-corrected chi connectivity index (χ2v) is 7.05. The van der Waals surface area contributed by atoms with Crippen LogP contribution in [0.5, 0.6) is 5.75 Å². The first kappa shape index (κ1) is 18.3. The summed E-state index contributed by atoms with van der Waals surface area (Å²) in [5.74, 6) is 0.636.